The third-order valence-corrected chi connectivity index (χ3v) is 1.34. The molecule has 1 nitrogen and oxygen atoms in total. The van der Waals surface area contributed by atoms with Gasteiger partial charge in [0.1, 0.15) is 0 Å². The molecule has 0 aliphatic rings. The van der Waals surface area contributed by atoms with Crippen LogP contribution in [-0.4, -0.2) is 43.4 Å². The minimum absolute atomic E-state index is 0. The van der Waals surface area contributed by atoms with Crippen LogP contribution in [0, 0.1) is 5.92 Å². The normalized spacial score (nSPS) is 9.00. The summed E-state index contributed by atoms with van der Waals surface area (Å²) < 4.78 is 0. The molecule has 0 bridgehead atoms. The Morgan fingerprint density at radius 1 is 0.833 bits per heavy atom. The van der Waals surface area contributed by atoms with Crippen LogP contribution in [0.3, 0.4) is 0 Å². The van der Waals surface area contributed by atoms with Crippen molar-refractivity contribution < 1.29 is 0 Å². The zero-order chi connectivity index (χ0) is 9.28. The van der Waals surface area contributed by atoms with E-state index >= 15 is 0 Å². The van der Waals surface area contributed by atoms with Crippen molar-refractivity contribution in [3.05, 3.63) is 5.92 Å². The Bertz CT molecular complexity index is 52.6. The molecule has 0 unspecified atom stereocenters. The van der Waals surface area contributed by atoms with Crippen molar-refractivity contribution in [1.29, 1.82) is 0 Å². The van der Waals surface area contributed by atoms with E-state index in [1.807, 2.05) is 0 Å². The van der Waals surface area contributed by atoms with Gasteiger partial charge >= 0.3 is 18.9 Å². The zero-order valence-electron chi connectivity index (χ0n) is 9.07. The molecule has 0 heterocycles. The van der Waals surface area contributed by atoms with Gasteiger partial charge in [0, 0.05) is 0 Å². The molecule has 0 aliphatic carbocycles. The van der Waals surface area contributed by atoms with Crippen LogP contribution in [0.1, 0.15) is 41.5 Å². The minimum atomic E-state index is 0. The fourth-order valence-corrected chi connectivity index (χ4v) is 0.671. The van der Waals surface area contributed by atoms with Crippen molar-refractivity contribution in [2.24, 2.45) is 0 Å². The van der Waals surface area contributed by atoms with Gasteiger partial charge in [-0.1, -0.05) is 41.5 Å². The fraction of sp³-hybridized carbons (Fsp3) is 0.900. The first-order chi connectivity index (χ1) is 5.08. The van der Waals surface area contributed by atoms with Gasteiger partial charge in [-0.25, -0.2) is 0 Å². The molecule has 0 rings (SSSR count). The topological polar surface area (TPSA) is 3.24 Å². The molecule has 0 saturated heterocycles. The quantitative estimate of drug-likeness (QED) is 0.582. The average molecular weight is 166 g/mol. The third-order valence-electron chi connectivity index (χ3n) is 1.34. The predicted molar refractivity (Wildman–Crippen MR) is 60.9 cm³/mol. The molecule has 0 aliphatic heterocycles. The molecule has 71 valence electrons. The van der Waals surface area contributed by atoms with Gasteiger partial charge in [-0.3, -0.25) is 0 Å². The van der Waals surface area contributed by atoms with Crippen molar-refractivity contribution >= 4 is 18.9 Å². The summed E-state index contributed by atoms with van der Waals surface area (Å²) in [6, 6.07) is 0. The number of nitrogens with zero attached hydrogens (tertiary/aromatic N) is 1. The van der Waals surface area contributed by atoms with Crippen molar-refractivity contribution in [2.45, 2.75) is 41.5 Å². The number of hydrogen-bond acceptors (Lipinski definition) is 1. The van der Waals surface area contributed by atoms with Gasteiger partial charge in [0.05, 0.1) is 0 Å². The summed E-state index contributed by atoms with van der Waals surface area (Å²) in [5, 5.41) is 0. The summed E-state index contributed by atoms with van der Waals surface area (Å²) in [5.41, 5.74) is 0. The van der Waals surface area contributed by atoms with Crippen LogP contribution in [0.5, 0.6) is 0 Å². The molecule has 0 atom stereocenters. The fourth-order valence-electron chi connectivity index (χ4n) is 0.671. The van der Waals surface area contributed by atoms with E-state index in [9.17, 15) is 0 Å². The van der Waals surface area contributed by atoms with E-state index in [0.717, 1.165) is 0 Å². The average Bonchev–Trinajstić information content (AvgIpc) is 1.90. The maximum atomic E-state index is 2.38. The predicted octanol–water partition coefficient (Wildman–Crippen LogP) is 2.32. The van der Waals surface area contributed by atoms with Crippen LogP contribution in [-0.2, 0) is 0 Å². The van der Waals surface area contributed by atoms with E-state index in [1.54, 1.807) is 0 Å². The van der Waals surface area contributed by atoms with E-state index in [1.165, 1.54) is 25.6 Å². The molecule has 0 saturated carbocycles. The van der Waals surface area contributed by atoms with E-state index in [4.69, 9.17) is 0 Å². The summed E-state index contributed by atoms with van der Waals surface area (Å²) in [5.74, 6) is 1.42. The first-order valence-electron chi connectivity index (χ1n) is 4.57. The Morgan fingerprint density at radius 2 is 1.00 bits per heavy atom. The third kappa shape index (κ3) is 22.4. The number of hydrogen-bond donors (Lipinski definition) is 0. The second-order valence-corrected chi connectivity index (χ2v) is 3.12. The molecular formula is C10H25LiN. The van der Waals surface area contributed by atoms with Crippen LogP contribution >= 0.6 is 0 Å². The van der Waals surface area contributed by atoms with Crippen LogP contribution in [0.2, 0.25) is 0 Å². The van der Waals surface area contributed by atoms with Crippen LogP contribution < -0.4 is 0 Å². The maximum absolute atomic E-state index is 2.38. The summed E-state index contributed by atoms with van der Waals surface area (Å²) >= 11 is 0. The van der Waals surface area contributed by atoms with Gasteiger partial charge in [0.25, 0.3) is 0 Å². The van der Waals surface area contributed by atoms with Crippen LogP contribution in [0.15, 0.2) is 0 Å². The van der Waals surface area contributed by atoms with E-state index in [2.05, 4.69) is 46.4 Å². The second kappa shape index (κ2) is 14.1. The van der Waals surface area contributed by atoms with Gasteiger partial charge < -0.3 is 4.90 Å². The van der Waals surface area contributed by atoms with Crippen molar-refractivity contribution in [2.75, 3.05) is 19.6 Å². The molecule has 0 aromatic heterocycles. The molecule has 0 N–H and O–H groups in total. The standard InChI is InChI=1S/C6H15N.C4H9.Li.H/c1-4-7(5-2)6-3;1-4(2)3;;/h4-6H2,1-3H3;1-3H3;;. The van der Waals surface area contributed by atoms with Gasteiger partial charge in [0.2, 0.25) is 0 Å². The first kappa shape index (κ1) is 18.4. The molecule has 0 amide bonds. The Morgan fingerprint density at radius 3 is 1.00 bits per heavy atom. The van der Waals surface area contributed by atoms with E-state index < -0.39 is 0 Å². The van der Waals surface area contributed by atoms with Crippen molar-refractivity contribution in [3.8, 4) is 0 Å². The van der Waals surface area contributed by atoms with Gasteiger partial charge in [-0.05, 0) is 25.6 Å². The zero-order valence-corrected chi connectivity index (χ0v) is 9.07. The molecular weight excluding hydrogens is 141 g/mol. The molecule has 0 fully saturated rings. The van der Waals surface area contributed by atoms with Gasteiger partial charge in [-0.2, -0.15) is 0 Å². The number of rotatable bonds is 3. The van der Waals surface area contributed by atoms with E-state index in [-0.39, 0.29) is 18.9 Å². The summed E-state index contributed by atoms with van der Waals surface area (Å²) in [4.78, 5) is 2.38. The van der Waals surface area contributed by atoms with Crippen LogP contribution in [0.25, 0.3) is 0 Å². The molecule has 2 heteroatoms. The molecule has 0 aromatic carbocycles. The van der Waals surface area contributed by atoms with Gasteiger partial charge in [0.15, 0.2) is 0 Å². The Hall–Kier alpha value is 0.557. The monoisotopic (exact) mass is 166 g/mol. The van der Waals surface area contributed by atoms with E-state index in [0.29, 0.717) is 0 Å². The summed E-state index contributed by atoms with van der Waals surface area (Å²) in [6.45, 7) is 16.4. The molecule has 12 heavy (non-hydrogen) atoms. The molecule has 0 aromatic rings. The molecule has 0 spiro atoms. The first-order valence-corrected chi connectivity index (χ1v) is 4.57. The van der Waals surface area contributed by atoms with Gasteiger partial charge in [-0.15, -0.1) is 0 Å². The second-order valence-electron chi connectivity index (χ2n) is 3.12. The Kier molecular flexibility index (Phi) is 21.6. The summed E-state index contributed by atoms with van der Waals surface area (Å²) in [6.07, 6.45) is 0. The molecule has 1 radical (unpaired) electrons. The summed E-state index contributed by atoms with van der Waals surface area (Å²) in [7, 11) is 0. The van der Waals surface area contributed by atoms with Crippen molar-refractivity contribution in [1.82, 2.24) is 4.90 Å². The Balaban J connectivity index is -0.000000142. The van der Waals surface area contributed by atoms with Crippen molar-refractivity contribution in [3.63, 3.8) is 0 Å². The van der Waals surface area contributed by atoms with Crippen LogP contribution in [0.4, 0.5) is 0 Å². The SMILES string of the molecule is CCN(CC)CC.C[C](C)C.[LiH]. The Labute approximate surface area is 91.1 Å².